The van der Waals surface area contributed by atoms with Crippen LogP contribution >= 0.6 is 0 Å². The third kappa shape index (κ3) is 3.09. The number of hydrogen-bond acceptors (Lipinski definition) is 4. The summed E-state index contributed by atoms with van der Waals surface area (Å²) in [5.41, 5.74) is 7.38. The van der Waals surface area contributed by atoms with E-state index in [1.165, 1.54) is 0 Å². The van der Waals surface area contributed by atoms with Gasteiger partial charge in [0.05, 0.1) is 17.9 Å². The second-order valence-electron chi connectivity index (χ2n) is 4.82. The van der Waals surface area contributed by atoms with E-state index in [4.69, 9.17) is 15.2 Å². The number of anilines is 1. The molecular formula is C13H20N2O2. The number of ether oxygens (including phenoxy) is 2. The third-order valence-corrected chi connectivity index (χ3v) is 2.96. The van der Waals surface area contributed by atoms with Crippen molar-refractivity contribution in [3.8, 4) is 5.88 Å². The average Bonchev–Trinajstić information content (AvgIpc) is 2.22. The van der Waals surface area contributed by atoms with Crippen molar-refractivity contribution < 1.29 is 9.47 Å². The predicted molar refractivity (Wildman–Crippen MR) is 67.0 cm³/mol. The number of aryl methyl sites for hydroxylation is 1. The lowest BCUT2D eigenvalue weighted by atomic mass is 10.0. The van der Waals surface area contributed by atoms with Crippen molar-refractivity contribution in [1.29, 1.82) is 0 Å². The summed E-state index contributed by atoms with van der Waals surface area (Å²) in [5.74, 6) is 0.552. The summed E-state index contributed by atoms with van der Waals surface area (Å²) in [6.45, 7) is 6.07. The number of nitrogen functional groups attached to an aromatic ring is 1. The first-order chi connectivity index (χ1) is 8.04. The standard InChI is InChI=1S/C13H20N2O2/c1-8-4-5-12(14)13(15-8)17-11-6-9(2)16-10(3)7-11/h4-5,9-11H,6-7,14H2,1-3H3. The Hall–Kier alpha value is -1.29. The third-order valence-electron chi connectivity index (χ3n) is 2.96. The van der Waals surface area contributed by atoms with E-state index in [0.29, 0.717) is 11.6 Å². The van der Waals surface area contributed by atoms with Gasteiger partial charge in [-0.2, -0.15) is 0 Å². The van der Waals surface area contributed by atoms with Crippen LogP contribution in [0.2, 0.25) is 0 Å². The van der Waals surface area contributed by atoms with Crippen molar-refractivity contribution in [1.82, 2.24) is 4.98 Å². The fourth-order valence-electron chi connectivity index (χ4n) is 2.24. The Kier molecular flexibility index (Phi) is 3.52. The summed E-state index contributed by atoms with van der Waals surface area (Å²) in [6, 6.07) is 3.72. The zero-order chi connectivity index (χ0) is 12.4. The topological polar surface area (TPSA) is 57.4 Å². The van der Waals surface area contributed by atoms with Crippen LogP contribution in [-0.2, 0) is 4.74 Å². The van der Waals surface area contributed by atoms with Gasteiger partial charge < -0.3 is 15.2 Å². The Morgan fingerprint density at radius 1 is 1.29 bits per heavy atom. The highest BCUT2D eigenvalue weighted by Gasteiger charge is 2.26. The normalized spacial score (nSPS) is 29.0. The van der Waals surface area contributed by atoms with Crippen molar-refractivity contribution in [3.63, 3.8) is 0 Å². The summed E-state index contributed by atoms with van der Waals surface area (Å²) in [4.78, 5) is 4.33. The van der Waals surface area contributed by atoms with E-state index in [9.17, 15) is 0 Å². The van der Waals surface area contributed by atoms with Gasteiger partial charge in [-0.05, 0) is 32.9 Å². The lowest BCUT2D eigenvalue weighted by Gasteiger charge is -2.32. The van der Waals surface area contributed by atoms with Crippen LogP contribution in [0.1, 0.15) is 32.4 Å². The van der Waals surface area contributed by atoms with E-state index >= 15 is 0 Å². The number of pyridine rings is 1. The first-order valence-corrected chi connectivity index (χ1v) is 6.10. The molecule has 0 aromatic carbocycles. The second kappa shape index (κ2) is 4.92. The molecule has 2 N–H and O–H groups in total. The molecule has 94 valence electrons. The van der Waals surface area contributed by atoms with E-state index in [-0.39, 0.29) is 18.3 Å². The van der Waals surface area contributed by atoms with Gasteiger partial charge in [0.15, 0.2) is 0 Å². The van der Waals surface area contributed by atoms with Crippen LogP contribution in [0, 0.1) is 6.92 Å². The van der Waals surface area contributed by atoms with Crippen LogP contribution in [0.15, 0.2) is 12.1 Å². The molecule has 0 aliphatic carbocycles. The number of nitrogens with zero attached hydrogens (tertiary/aromatic N) is 1. The molecule has 0 amide bonds. The summed E-state index contributed by atoms with van der Waals surface area (Å²) >= 11 is 0. The molecule has 1 aromatic heterocycles. The van der Waals surface area contributed by atoms with E-state index in [2.05, 4.69) is 18.8 Å². The van der Waals surface area contributed by atoms with Gasteiger partial charge in [0.2, 0.25) is 5.88 Å². The molecule has 0 radical (unpaired) electrons. The highest BCUT2D eigenvalue weighted by molar-refractivity contribution is 5.48. The molecular weight excluding hydrogens is 216 g/mol. The second-order valence-corrected chi connectivity index (χ2v) is 4.82. The lowest BCUT2D eigenvalue weighted by Crippen LogP contribution is -2.36. The minimum Gasteiger partial charge on any atom is -0.473 e. The van der Waals surface area contributed by atoms with Gasteiger partial charge in [0.1, 0.15) is 6.10 Å². The molecule has 0 bridgehead atoms. The molecule has 0 spiro atoms. The Morgan fingerprint density at radius 3 is 2.59 bits per heavy atom. The zero-order valence-corrected chi connectivity index (χ0v) is 10.6. The van der Waals surface area contributed by atoms with E-state index in [1.807, 2.05) is 19.1 Å². The zero-order valence-electron chi connectivity index (χ0n) is 10.6. The van der Waals surface area contributed by atoms with Crippen LogP contribution in [-0.4, -0.2) is 23.3 Å². The fraction of sp³-hybridized carbons (Fsp3) is 0.615. The number of hydrogen-bond donors (Lipinski definition) is 1. The molecule has 1 saturated heterocycles. The van der Waals surface area contributed by atoms with Crippen LogP contribution < -0.4 is 10.5 Å². The molecule has 2 heterocycles. The van der Waals surface area contributed by atoms with Crippen molar-refractivity contribution in [2.75, 3.05) is 5.73 Å². The van der Waals surface area contributed by atoms with Gasteiger partial charge in [-0.15, -0.1) is 0 Å². The predicted octanol–water partition coefficient (Wildman–Crippen LogP) is 2.31. The highest BCUT2D eigenvalue weighted by atomic mass is 16.5. The van der Waals surface area contributed by atoms with Gasteiger partial charge in [0.25, 0.3) is 0 Å². The smallest absolute Gasteiger partial charge is 0.237 e. The maximum Gasteiger partial charge on any atom is 0.237 e. The van der Waals surface area contributed by atoms with E-state index in [1.54, 1.807) is 0 Å². The Morgan fingerprint density at radius 2 is 1.94 bits per heavy atom. The van der Waals surface area contributed by atoms with Crippen molar-refractivity contribution in [2.24, 2.45) is 0 Å². The van der Waals surface area contributed by atoms with Gasteiger partial charge >= 0.3 is 0 Å². The summed E-state index contributed by atoms with van der Waals surface area (Å²) in [7, 11) is 0. The first-order valence-electron chi connectivity index (χ1n) is 6.10. The Labute approximate surface area is 102 Å². The van der Waals surface area contributed by atoms with Gasteiger partial charge in [-0.3, -0.25) is 0 Å². The molecule has 2 rings (SSSR count). The summed E-state index contributed by atoms with van der Waals surface area (Å²) in [6.07, 6.45) is 2.38. The first kappa shape index (κ1) is 12.2. The van der Waals surface area contributed by atoms with Crippen molar-refractivity contribution >= 4 is 5.69 Å². The molecule has 1 fully saturated rings. The van der Waals surface area contributed by atoms with Gasteiger partial charge in [-0.1, -0.05) is 0 Å². The maximum absolute atomic E-state index is 5.89. The van der Waals surface area contributed by atoms with Crippen LogP contribution in [0.4, 0.5) is 5.69 Å². The molecule has 4 heteroatoms. The van der Waals surface area contributed by atoms with E-state index < -0.39 is 0 Å². The van der Waals surface area contributed by atoms with Crippen molar-refractivity contribution in [2.45, 2.75) is 51.9 Å². The Bertz CT molecular complexity index is 385. The molecule has 1 aliphatic heterocycles. The number of aromatic nitrogens is 1. The number of nitrogens with two attached hydrogens (primary N) is 1. The van der Waals surface area contributed by atoms with Crippen LogP contribution in [0.25, 0.3) is 0 Å². The SMILES string of the molecule is Cc1ccc(N)c(OC2CC(C)OC(C)C2)n1. The molecule has 4 nitrogen and oxygen atoms in total. The lowest BCUT2D eigenvalue weighted by molar-refractivity contribution is -0.0728. The number of rotatable bonds is 2. The molecule has 17 heavy (non-hydrogen) atoms. The van der Waals surface area contributed by atoms with Crippen LogP contribution in [0.3, 0.4) is 0 Å². The van der Waals surface area contributed by atoms with E-state index in [0.717, 1.165) is 18.5 Å². The minimum absolute atomic E-state index is 0.144. The molecule has 2 atom stereocenters. The summed E-state index contributed by atoms with van der Waals surface area (Å²) in [5, 5.41) is 0. The van der Waals surface area contributed by atoms with Gasteiger partial charge in [0, 0.05) is 18.5 Å². The average molecular weight is 236 g/mol. The quantitative estimate of drug-likeness (QED) is 0.856. The van der Waals surface area contributed by atoms with Gasteiger partial charge in [-0.25, -0.2) is 4.98 Å². The monoisotopic (exact) mass is 236 g/mol. The Balaban J connectivity index is 2.07. The highest BCUT2D eigenvalue weighted by Crippen LogP contribution is 2.26. The maximum atomic E-state index is 5.89. The molecule has 0 saturated carbocycles. The molecule has 2 unspecified atom stereocenters. The summed E-state index contributed by atoms with van der Waals surface area (Å²) < 4.78 is 11.6. The largest absolute Gasteiger partial charge is 0.473 e. The molecule has 1 aliphatic rings. The molecule has 1 aromatic rings. The van der Waals surface area contributed by atoms with Crippen molar-refractivity contribution in [3.05, 3.63) is 17.8 Å². The fourth-order valence-corrected chi connectivity index (χ4v) is 2.24. The van der Waals surface area contributed by atoms with Crippen LogP contribution in [0.5, 0.6) is 5.88 Å². The minimum atomic E-state index is 0.144.